The van der Waals surface area contributed by atoms with Crippen LogP contribution in [0.3, 0.4) is 0 Å². The maximum atomic E-state index is 13.3. The third-order valence-corrected chi connectivity index (χ3v) is 7.74. The van der Waals surface area contributed by atoms with Crippen LogP contribution in [0, 0.1) is 3.57 Å². The Kier molecular flexibility index (Phi) is 7.48. The number of amides is 2. The van der Waals surface area contributed by atoms with E-state index in [1.807, 2.05) is 36.4 Å². The molecule has 5 nitrogen and oxygen atoms in total. The summed E-state index contributed by atoms with van der Waals surface area (Å²) in [4.78, 5) is 27.2. The average Bonchev–Trinajstić information content (AvgIpc) is 2.88. The van der Waals surface area contributed by atoms with Crippen molar-refractivity contribution in [2.24, 2.45) is 0 Å². The maximum absolute atomic E-state index is 13.3. The van der Waals surface area contributed by atoms with Crippen LogP contribution >= 0.6 is 58.0 Å². The van der Waals surface area contributed by atoms with Gasteiger partial charge in [0.05, 0.1) is 19.3 Å². The fourth-order valence-corrected chi connectivity index (χ4v) is 5.35. The monoisotopic (exact) mass is 658 g/mol. The van der Waals surface area contributed by atoms with Crippen molar-refractivity contribution >= 4 is 97.5 Å². The molecule has 0 spiro atoms. The number of hydrogen-bond acceptors (Lipinski definition) is 4. The number of anilines is 1. The number of benzene rings is 4. The van der Waals surface area contributed by atoms with Crippen LogP contribution in [0.25, 0.3) is 16.8 Å². The minimum Gasteiger partial charge on any atom is -0.488 e. The molecular weight excluding hydrogens is 642 g/mol. The molecule has 5 rings (SSSR count). The Bertz CT molecular complexity index is 1620. The van der Waals surface area contributed by atoms with Gasteiger partial charge in [-0.25, -0.2) is 0 Å². The summed E-state index contributed by atoms with van der Waals surface area (Å²) in [5.41, 5.74) is 1.96. The maximum Gasteiger partial charge on any atom is 0.270 e. The second-order valence-electron chi connectivity index (χ2n) is 8.15. The molecule has 184 valence electrons. The summed E-state index contributed by atoms with van der Waals surface area (Å²) in [6.45, 7) is 0.408. The van der Waals surface area contributed by atoms with Crippen LogP contribution in [0.1, 0.15) is 11.1 Å². The van der Waals surface area contributed by atoms with Crippen LogP contribution in [-0.4, -0.2) is 16.9 Å². The predicted molar refractivity (Wildman–Crippen MR) is 160 cm³/mol. The topological polar surface area (TPSA) is 58.6 Å². The molecule has 0 atom stereocenters. The van der Waals surface area contributed by atoms with E-state index in [-0.39, 0.29) is 20.7 Å². The number of thiocarbonyl (C=S) groups is 1. The molecule has 1 aliphatic heterocycles. The summed E-state index contributed by atoms with van der Waals surface area (Å²) in [6.07, 6.45) is 1.52. The summed E-state index contributed by atoms with van der Waals surface area (Å²) in [5.74, 6) is -0.483. The van der Waals surface area contributed by atoms with Crippen molar-refractivity contribution in [3.05, 3.63) is 109 Å². The number of carbonyl (C=O) groups excluding carboxylic acids is 2. The minimum atomic E-state index is -0.593. The van der Waals surface area contributed by atoms with Crippen LogP contribution in [-0.2, 0) is 16.2 Å². The van der Waals surface area contributed by atoms with Gasteiger partial charge in [0.2, 0.25) is 0 Å². The lowest BCUT2D eigenvalue weighted by Gasteiger charge is -2.29. The molecule has 0 unspecified atom stereocenters. The highest BCUT2D eigenvalue weighted by Gasteiger charge is 2.35. The fourth-order valence-electron chi connectivity index (χ4n) is 4.01. The number of nitrogens with zero attached hydrogens (tertiary/aromatic N) is 1. The fraction of sp³-hybridized carbons (Fsp3) is 0.0357. The normalized spacial score (nSPS) is 14.8. The molecule has 1 aliphatic rings. The van der Waals surface area contributed by atoms with Gasteiger partial charge >= 0.3 is 0 Å². The van der Waals surface area contributed by atoms with Crippen molar-refractivity contribution in [3.8, 4) is 5.75 Å². The van der Waals surface area contributed by atoms with Crippen molar-refractivity contribution in [2.75, 3.05) is 4.90 Å². The lowest BCUT2D eigenvalue weighted by molar-refractivity contribution is -0.122. The highest BCUT2D eigenvalue weighted by atomic mass is 127. The highest BCUT2D eigenvalue weighted by Crippen LogP contribution is 2.34. The quantitative estimate of drug-likeness (QED) is 0.107. The van der Waals surface area contributed by atoms with Crippen LogP contribution in [0.4, 0.5) is 5.69 Å². The largest absolute Gasteiger partial charge is 0.488 e. The third kappa shape index (κ3) is 5.22. The summed E-state index contributed by atoms with van der Waals surface area (Å²) in [6, 6.07) is 24.6. The molecule has 4 aromatic rings. The summed E-state index contributed by atoms with van der Waals surface area (Å²) < 4.78 is 6.94. The van der Waals surface area contributed by atoms with Crippen molar-refractivity contribution < 1.29 is 14.3 Å². The number of halogens is 3. The van der Waals surface area contributed by atoms with Gasteiger partial charge in [0, 0.05) is 0 Å². The van der Waals surface area contributed by atoms with E-state index in [0.717, 1.165) is 19.9 Å². The zero-order valence-corrected chi connectivity index (χ0v) is 23.5. The molecule has 9 heteroatoms. The van der Waals surface area contributed by atoms with E-state index >= 15 is 0 Å². The molecule has 0 aliphatic carbocycles. The number of nitrogens with one attached hydrogen (secondary N) is 1. The Balaban J connectivity index is 1.39. The van der Waals surface area contributed by atoms with Crippen molar-refractivity contribution in [1.82, 2.24) is 5.32 Å². The molecule has 4 aromatic carbocycles. The molecule has 1 heterocycles. The van der Waals surface area contributed by atoms with E-state index in [1.54, 1.807) is 24.3 Å². The molecule has 0 bridgehead atoms. The minimum absolute atomic E-state index is 0.0666. The number of carbonyl (C=O) groups is 2. The molecule has 0 aromatic heterocycles. The van der Waals surface area contributed by atoms with Gasteiger partial charge in [-0.3, -0.25) is 19.8 Å². The highest BCUT2D eigenvalue weighted by molar-refractivity contribution is 14.1. The van der Waals surface area contributed by atoms with Crippen LogP contribution in [0.2, 0.25) is 10.0 Å². The number of fused-ring (bicyclic) bond motifs is 1. The van der Waals surface area contributed by atoms with Gasteiger partial charge in [0.15, 0.2) is 5.11 Å². The smallest absolute Gasteiger partial charge is 0.270 e. The first-order valence-corrected chi connectivity index (χ1v) is 13.3. The van der Waals surface area contributed by atoms with Gasteiger partial charge in [-0.05, 0) is 87.0 Å². The summed E-state index contributed by atoms with van der Waals surface area (Å²) >= 11 is 19.9. The standard InChI is InChI=1S/C28H17Cl2IN2O3S/c29-21-9-4-10-23(25(21)30)33-27(35)20(26(34)32-28(33)37)13-16-11-12-24(22(31)14-16)36-15-18-7-3-6-17-5-1-2-8-19(17)18/h1-14H,15H2,(H,32,34,37)/b20-13+. The summed E-state index contributed by atoms with van der Waals surface area (Å²) in [5, 5.41) is 5.22. The van der Waals surface area contributed by atoms with Gasteiger partial charge in [-0.15, -0.1) is 0 Å². The number of rotatable bonds is 5. The molecule has 1 N–H and O–H groups in total. The molecule has 37 heavy (non-hydrogen) atoms. The van der Waals surface area contributed by atoms with E-state index in [1.165, 1.54) is 11.0 Å². The molecule has 1 fully saturated rings. The average molecular weight is 659 g/mol. The Morgan fingerprint density at radius 3 is 2.54 bits per heavy atom. The van der Waals surface area contributed by atoms with E-state index in [9.17, 15) is 9.59 Å². The first-order chi connectivity index (χ1) is 17.8. The van der Waals surface area contributed by atoms with Crippen LogP contribution in [0.15, 0.2) is 84.4 Å². The van der Waals surface area contributed by atoms with Crippen LogP contribution < -0.4 is 15.0 Å². The zero-order chi connectivity index (χ0) is 26.1. The molecule has 0 radical (unpaired) electrons. The Morgan fingerprint density at radius 1 is 0.973 bits per heavy atom. The molecule has 0 saturated carbocycles. The number of ether oxygens (including phenoxy) is 1. The lowest BCUT2D eigenvalue weighted by atomic mass is 10.1. The van der Waals surface area contributed by atoms with E-state index in [4.69, 9.17) is 40.2 Å². The second kappa shape index (κ2) is 10.8. The van der Waals surface area contributed by atoms with E-state index in [2.05, 4.69) is 46.1 Å². The first-order valence-electron chi connectivity index (χ1n) is 11.1. The second-order valence-corrected chi connectivity index (χ2v) is 10.5. The Morgan fingerprint density at radius 2 is 1.73 bits per heavy atom. The Labute approximate surface area is 242 Å². The molecule has 2 amide bonds. The molecular formula is C28H17Cl2IN2O3S. The number of hydrogen-bond donors (Lipinski definition) is 1. The SMILES string of the molecule is O=C1NC(=S)N(c2cccc(Cl)c2Cl)C(=O)/C1=C/c1ccc(OCc2cccc3ccccc23)c(I)c1. The van der Waals surface area contributed by atoms with Gasteiger partial charge < -0.3 is 4.74 Å². The van der Waals surface area contributed by atoms with Gasteiger partial charge in [0.25, 0.3) is 11.8 Å². The first kappa shape index (κ1) is 25.7. The predicted octanol–water partition coefficient (Wildman–Crippen LogP) is 7.16. The van der Waals surface area contributed by atoms with Crippen molar-refractivity contribution in [1.29, 1.82) is 0 Å². The van der Waals surface area contributed by atoms with Crippen LogP contribution in [0.5, 0.6) is 5.75 Å². The van der Waals surface area contributed by atoms with Gasteiger partial charge in [-0.2, -0.15) is 0 Å². The Hall–Kier alpha value is -2.98. The van der Waals surface area contributed by atoms with Gasteiger partial charge in [-0.1, -0.05) is 77.8 Å². The zero-order valence-electron chi connectivity index (χ0n) is 19.0. The van der Waals surface area contributed by atoms with Crippen molar-refractivity contribution in [2.45, 2.75) is 6.61 Å². The van der Waals surface area contributed by atoms with E-state index < -0.39 is 11.8 Å². The van der Waals surface area contributed by atoms with E-state index in [0.29, 0.717) is 23.6 Å². The third-order valence-electron chi connectivity index (χ3n) is 5.80. The lowest BCUT2D eigenvalue weighted by Crippen LogP contribution is -2.54. The van der Waals surface area contributed by atoms with Gasteiger partial charge in [0.1, 0.15) is 17.9 Å². The molecule has 1 saturated heterocycles. The van der Waals surface area contributed by atoms with Crippen molar-refractivity contribution in [3.63, 3.8) is 0 Å². The summed E-state index contributed by atoms with van der Waals surface area (Å²) in [7, 11) is 0.